The lowest BCUT2D eigenvalue weighted by Gasteiger charge is -2.37. The molecule has 1 aliphatic rings. The minimum atomic E-state index is -5.06. The van der Waals surface area contributed by atoms with E-state index in [9.17, 15) is 28.2 Å². The van der Waals surface area contributed by atoms with Crippen molar-refractivity contribution in [1.82, 2.24) is 10.6 Å². The molecule has 0 radical (unpaired) electrons. The number of alkyl halides is 3. The molecule has 4 unspecified atom stereocenters. The molecule has 0 bridgehead atoms. The molecule has 6 nitrogen and oxygen atoms in total. The first kappa shape index (κ1) is 14.2. The highest BCUT2D eigenvalue weighted by Gasteiger charge is 2.43. The summed E-state index contributed by atoms with van der Waals surface area (Å²) in [7, 11) is 0. The molecule has 4 atom stereocenters. The van der Waals surface area contributed by atoms with Crippen LogP contribution in [0.1, 0.15) is 0 Å². The van der Waals surface area contributed by atoms with Crippen molar-refractivity contribution < 1.29 is 33.3 Å². The molecule has 100 valence electrons. The minimum absolute atomic E-state index is 0.0163. The van der Waals surface area contributed by atoms with Gasteiger partial charge in [-0.25, -0.2) is 0 Å². The van der Waals surface area contributed by atoms with Gasteiger partial charge in [0.05, 0.1) is 6.10 Å². The monoisotopic (exact) mass is 258 g/mol. The Morgan fingerprint density at radius 3 is 2.41 bits per heavy atom. The van der Waals surface area contributed by atoms with Crippen molar-refractivity contribution in [2.45, 2.75) is 24.6 Å². The minimum Gasteiger partial charge on any atom is -0.396 e. The Kier molecular flexibility index (Phi) is 4.31. The van der Waals surface area contributed by atoms with Gasteiger partial charge in [-0.15, -0.1) is 0 Å². The van der Waals surface area contributed by atoms with Crippen LogP contribution >= 0.6 is 0 Å². The van der Waals surface area contributed by atoms with Crippen LogP contribution in [0.3, 0.4) is 0 Å². The van der Waals surface area contributed by atoms with Crippen LogP contribution < -0.4 is 10.6 Å². The van der Waals surface area contributed by atoms with Crippen molar-refractivity contribution in [3.05, 3.63) is 0 Å². The lowest BCUT2D eigenvalue weighted by molar-refractivity contribution is -0.177. The SMILES string of the molecule is O=C(NC1NCC(CO)C(O)C1O)C(F)(F)F. The second-order valence-electron chi connectivity index (χ2n) is 3.78. The Labute approximate surface area is 94.4 Å². The molecule has 1 rings (SSSR count). The van der Waals surface area contributed by atoms with E-state index in [1.54, 1.807) is 0 Å². The van der Waals surface area contributed by atoms with Gasteiger partial charge in [0.1, 0.15) is 12.3 Å². The maximum atomic E-state index is 11.9. The highest BCUT2D eigenvalue weighted by atomic mass is 19.4. The first-order chi connectivity index (χ1) is 7.77. The zero-order valence-corrected chi connectivity index (χ0v) is 8.61. The summed E-state index contributed by atoms with van der Waals surface area (Å²) in [6.45, 7) is -0.442. The van der Waals surface area contributed by atoms with E-state index in [1.807, 2.05) is 0 Å². The van der Waals surface area contributed by atoms with Crippen molar-refractivity contribution in [3.8, 4) is 0 Å². The van der Waals surface area contributed by atoms with Gasteiger partial charge in [0.15, 0.2) is 0 Å². The number of aliphatic hydroxyl groups is 3. The van der Waals surface area contributed by atoms with Crippen LogP contribution in [0.15, 0.2) is 0 Å². The number of piperidine rings is 1. The maximum absolute atomic E-state index is 11.9. The second kappa shape index (κ2) is 5.17. The number of halogens is 3. The number of carbonyl (C=O) groups excluding carboxylic acids is 1. The summed E-state index contributed by atoms with van der Waals surface area (Å²) in [6, 6.07) is 0. The van der Waals surface area contributed by atoms with Crippen LogP contribution in [0, 0.1) is 5.92 Å². The molecule has 0 aliphatic carbocycles. The molecular weight excluding hydrogens is 245 g/mol. The number of hydrogen-bond acceptors (Lipinski definition) is 5. The third kappa shape index (κ3) is 3.28. The molecule has 1 aliphatic heterocycles. The van der Waals surface area contributed by atoms with Crippen molar-refractivity contribution in [2.75, 3.05) is 13.2 Å². The second-order valence-corrected chi connectivity index (χ2v) is 3.78. The standard InChI is InChI=1S/C8H13F3N2O4/c9-8(10,11)7(17)13-6-5(16)4(15)3(2-14)1-12-6/h3-6,12,14-16H,1-2H2,(H,13,17). The lowest BCUT2D eigenvalue weighted by Crippen LogP contribution is -2.65. The third-order valence-electron chi connectivity index (χ3n) is 2.55. The third-order valence-corrected chi connectivity index (χ3v) is 2.55. The molecule has 1 amide bonds. The molecule has 1 fully saturated rings. The van der Waals surface area contributed by atoms with E-state index < -0.39 is 43.0 Å². The molecule has 1 heterocycles. The van der Waals surface area contributed by atoms with Crippen molar-refractivity contribution in [3.63, 3.8) is 0 Å². The van der Waals surface area contributed by atoms with E-state index in [1.165, 1.54) is 5.32 Å². The van der Waals surface area contributed by atoms with Crippen LogP contribution in [0.25, 0.3) is 0 Å². The van der Waals surface area contributed by atoms with Crippen molar-refractivity contribution in [2.24, 2.45) is 5.92 Å². The smallest absolute Gasteiger partial charge is 0.396 e. The normalized spacial score (nSPS) is 34.5. The fourth-order valence-electron chi connectivity index (χ4n) is 1.53. The van der Waals surface area contributed by atoms with Crippen LogP contribution in [0.2, 0.25) is 0 Å². The van der Waals surface area contributed by atoms with Gasteiger partial charge in [0.2, 0.25) is 0 Å². The summed E-state index contributed by atoms with van der Waals surface area (Å²) in [5.74, 6) is -2.90. The number of nitrogens with one attached hydrogen (secondary N) is 2. The zero-order chi connectivity index (χ0) is 13.2. The predicted molar refractivity (Wildman–Crippen MR) is 48.6 cm³/mol. The zero-order valence-electron chi connectivity index (χ0n) is 8.61. The Bertz CT molecular complexity index is 286. The molecule has 5 N–H and O–H groups in total. The Morgan fingerprint density at radius 2 is 1.94 bits per heavy atom. The highest BCUT2D eigenvalue weighted by molar-refractivity contribution is 5.81. The summed E-state index contributed by atoms with van der Waals surface area (Å²) in [4.78, 5) is 10.6. The first-order valence-corrected chi connectivity index (χ1v) is 4.85. The van der Waals surface area contributed by atoms with E-state index in [0.717, 1.165) is 0 Å². The average molecular weight is 258 g/mol. The van der Waals surface area contributed by atoms with E-state index in [4.69, 9.17) is 5.11 Å². The number of hydrogen-bond donors (Lipinski definition) is 5. The summed E-state index contributed by atoms with van der Waals surface area (Å²) in [6.07, 6.45) is -9.48. The van der Waals surface area contributed by atoms with Gasteiger partial charge < -0.3 is 20.6 Å². The molecule has 0 aromatic carbocycles. The fraction of sp³-hybridized carbons (Fsp3) is 0.875. The summed E-state index contributed by atoms with van der Waals surface area (Å²) >= 11 is 0. The molecule has 9 heteroatoms. The largest absolute Gasteiger partial charge is 0.471 e. The molecule has 0 aromatic heterocycles. The van der Waals surface area contributed by atoms with Crippen LogP contribution in [0.4, 0.5) is 13.2 Å². The predicted octanol–water partition coefficient (Wildman–Crippen LogP) is -2.08. The lowest BCUT2D eigenvalue weighted by atomic mass is 9.92. The fourth-order valence-corrected chi connectivity index (χ4v) is 1.53. The number of amides is 1. The molecule has 0 spiro atoms. The number of rotatable bonds is 2. The van der Waals surface area contributed by atoms with Crippen LogP contribution in [-0.4, -0.2) is 58.9 Å². The van der Waals surface area contributed by atoms with Gasteiger partial charge in [-0.05, 0) is 0 Å². The van der Waals surface area contributed by atoms with E-state index in [2.05, 4.69) is 5.32 Å². The quantitative estimate of drug-likeness (QED) is 0.391. The molecule has 0 saturated carbocycles. The maximum Gasteiger partial charge on any atom is 0.471 e. The Hall–Kier alpha value is -0.900. The number of aliphatic hydroxyl groups excluding tert-OH is 3. The van der Waals surface area contributed by atoms with Gasteiger partial charge in [-0.2, -0.15) is 13.2 Å². The molecule has 17 heavy (non-hydrogen) atoms. The summed E-state index contributed by atoms with van der Waals surface area (Å²) in [5.41, 5.74) is 0. The average Bonchev–Trinajstić information content (AvgIpc) is 2.23. The van der Waals surface area contributed by atoms with Crippen molar-refractivity contribution in [1.29, 1.82) is 0 Å². The molecular formula is C8H13F3N2O4. The van der Waals surface area contributed by atoms with Gasteiger partial charge in [0.25, 0.3) is 0 Å². The van der Waals surface area contributed by atoms with E-state index in [0.29, 0.717) is 0 Å². The van der Waals surface area contributed by atoms with Crippen LogP contribution in [0.5, 0.6) is 0 Å². The van der Waals surface area contributed by atoms with Gasteiger partial charge in [-0.1, -0.05) is 0 Å². The van der Waals surface area contributed by atoms with Gasteiger partial charge in [-0.3, -0.25) is 10.1 Å². The topological polar surface area (TPSA) is 102 Å². The van der Waals surface area contributed by atoms with E-state index >= 15 is 0 Å². The number of carbonyl (C=O) groups is 1. The Morgan fingerprint density at radius 1 is 1.35 bits per heavy atom. The summed E-state index contributed by atoms with van der Waals surface area (Å²) in [5, 5.41) is 31.6. The van der Waals surface area contributed by atoms with Crippen LogP contribution in [-0.2, 0) is 4.79 Å². The van der Waals surface area contributed by atoms with Crippen molar-refractivity contribution >= 4 is 5.91 Å². The van der Waals surface area contributed by atoms with E-state index in [-0.39, 0.29) is 6.54 Å². The van der Waals surface area contributed by atoms with Gasteiger partial charge >= 0.3 is 12.1 Å². The summed E-state index contributed by atoms with van der Waals surface area (Å²) < 4.78 is 35.8. The van der Waals surface area contributed by atoms with Gasteiger partial charge in [0, 0.05) is 19.1 Å². The molecule has 0 aromatic rings. The first-order valence-electron chi connectivity index (χ1n) is 4.85. The Balaban J connectivity index is 2.60. The molecule has 1 saturated heterocycles. The highest BCUT2D eigenvalue weighted by Crippen LogP contribution is 2.18.